The molecule has 3 amide bonds. The van der Waals surface area contributed by atoms with Gasteiger partial charge >= 0.3 is 6.03 Å². The Kier molecular flexibility index (Phi) is 3.65. The fourth-order valence-corrected chi connectivity index (χ4v) is 4.22. The van der Waals surface area contributed by atoms with Crippen molar-refractivity contribution in [3.63, 3.8) is 0 Å². The second kappa shape index (κ2) is 5.24. The van der Waals surface area contributed by atoms with Crippen molar-refractivity contribution in [1.29, 1.82) is 0 Å². The van der Waals surface area contributed by atoms with Crippen molar-refractivity contribution in [1.82, 2.24) is 10.2 Å². The minimum absolute atomic E-state index is 0.258. The van der Waals surface area contributed by atoms with E-state index in [-0.39, 0.29) is 18.5 Å². The van der Waals surface area contributed by atoms with Gasteiger partial charge in [0.2, 0.25) is 0 Å². The Hall–Kier alpha value is -1.60. The van der Waals surface area contributed by atoms with E-state index in [0.717, 1.165) is 14.4 Å². The minimum atomic E-state index is -1.08. The molecular weight excluding hydrogens is 368 g/mol. The topological polar surface area (TPSA) is 62.6 Å². The van der Waals surface area contributed by atoms with Gasteiger partial charge < -0.3 is 9.73 Å². The van der Waals surface area contributed by atoms with Crippen LogP contribution in [0.4, 0.5) is 4.79 Å². The molecule has 1 fully saturated rings. The van der Waals surface area contributed by atoms with Crippen LogP contribution in [0, 0.1) is 13.8 Å². The van der Waals surface area contributed by atoms with Crippen molar-refractivity contribution in [3.8, 4) is 0 Å². The number of hydrogen-bond acceptors (Lipinski definition) is 4. The molecule has 1 aliphatic rings. The zero-order chi connectivity index (χ0) is 16.1. The second-order valence-electron chi connectivity index (χ2n) is 5.48. The lowest BCUT2D eigenvalue weighted by atomic mass is 9.92. The first kappa shape index (κ1) is 15.3. The molecule has 1 saturated heterocycles. The summed E-state index contributed by atoms with van der Waals surface area (Å²) in [6, 6.07) is 5.23. The third-order valence-corrected chi connectivity index (χ3v) is 5.41. The number of carbonyl (C=O) groups is 2. The highest BCUT2D eigenvalue weighted by Gasteiger charge is 2.50. The lowest BCUT2D eigenvalue weighted by Crippen LogP contribution is -2.41. The van der Waals surface area contributed by atoms with Crippen LogP contribution in [0.5, 0.6) is 0 Å². The van der Waals surface area contributed by atoms with Crippen LogP contribution in [0.2, 0.25) is 0 Å². The number of furan rings is 1. The lowest BCUT2D eigenvalue weighted by molar-refractivity contribution is -0.131. The summed E-state index contributed by atoms with van der Waals surface area (Å²) in [5, 5.41) is 2.80. The number of amides is 3. The number of hydrogen-bond donors (Lipinski definition) is 1. The van der Waals surface area contributed by atoms with E-state index in [1.54, 1.807) is 19.9 Å². The monoisotopic (exact) mass is 382 g/mol. The Balaban J connectivity index is 1.92. The van der Waals surface area contributed by atoms with Gasteiger partial charge in [0.25, 0.3) is 5.91 Å². The standard InChI is InChI=1S/C15H15BrN2O3S/c1-8-6-11(9(2)21-8)15(3)13(19)18(14(20)17-15)7-10-4-5-12(16)22-10/h4-6H,7H2,1-3H3,(H,17,20)/t15-/m1/s1. The normalized spacial score (nSPS) is 21.5. The molecular formula is C15H15BrN2O3S. The zero-order valence-corrected chi connectivity index (χ0v) is 14.8. The molecule has 22 heavy (non-hydrogen) atoms. The fraction of sp³-hybridized carbons (Fsp3) is 0.333. The van der Waals surface area contributed by atoms with Crippen LogP contribution in [-0.2, 0) is 16.9 Å². The second-order valence-corrected chi connectivity index (χ2v) is 8.03. The average molecular weight is 383 g/mol. The molecule has 1 N–H and O–H groups in total. The van der Waals surface area contributed by atoms with Crippen LogP contribution in [0.15, 0.2) is 26.4 Å². The van der Waals surface area contributed by atoms with E-state index in [4.69, 9.17) is 4.42 Å². The molecule has 0 aliphatic carbocycles. The van der Waals surface area contributed by atoms with Gasteiger partial charge in [0.05, 0.1) is 10.3 Å². The van der Waals surface area contributed by atoms with Crippen molar-refractivity contribution >= 4 is 39.2 Å². The highest BCUT2D eigenvalue weighted by Crippen LogP contribution is 2.34. The van der Waals surface area contributed by atoms with E-state index in [9.17, 15) is 9.59 Å². The number of halogens is 1. The van der Waals surface area contributed by atoms with Crippen molar-refractivity contribution in [2.24, 2.45) is 0 Å². The number of rotatable bonds is 3. The first-order valence-electron chi connectivity index (χ1n) is 6.77. The summed E-state index contributed by atoms with van der Waals surface area (Å²) in [5.41, 5.74) is -0.369. The zero-order valence-electron chi connectivity index (χ0n) is 12.4. The van der Waals surface area contributed by atoms with E-state index < -0.39 is 5.54 Å². The largest absolute Gasteiger partial charge is 0.466 e. The number of aryl methyl sites for hydroxylation is 2. The molecule has 0 unspecified atom stereocenters. The molecule has 116 valence electrons. The number of imide groups is 1. The van der Waals surface area contributed by atoms with Crippen molar-refractivity contribution in [3.05, 3.63) is 43.9 Å². The molecule has 0 aromatic carbocycles. The molecule has 2 aromatic rings. The molecule has 0 spiro atoms. The van der Waals surface area contributed by atoms with Gasteiger partial charge in [0.15, 0.2) is 0 Å². The quantitative estimate of drug-likeness (QED) is 0.823. The molecule has 5 nitrogen and oxygen atoms in total. The van der Waals surface area contributed by atoms with Crippen molar-refractivity contribution in [2.45, 2.75) is 32.9 Å². The van der Waals surface area contributed by atoms with Gasteiger partial charge in [-0.1, -0.05) is 0 Å². The van der Waals surface area contributed by atoms with E-state index in [1.165, 1.54) is 16.2 Å². The van der Waals surface area contributed by atoms with E-state index >= 15 is 0 Å². The predicted octanol–water partition coefficient (Wildman–Crippen LogP) is 3.69. The Labute approximate surface area is 140 Å². The SMILES string of the molecule is Cc1cc([C@@]2(C)NC(=O)N(Cc3ccc(Br)s3)C2=O)c(C)o1. The van der Waals surface area contributed by atoms with E-state index in [2.05, 4.69) is 21.2 Å². The average Bonchev–Trinajstić information content (AvgIpc) is 3.05. The molecule has 2 aromatic heterocycles. The van der Waals surface area contributed by atoms with Gasteiger partial charge in [-0.15, -0.1) is 11.3 Å². The molecule has 1 atom stereocenters. The van der Waals surface area contributed by atoms with E-state index in [1.807, 2.05) is 19.1 Å². The van der Waals surface area contributed by atoms with Crippen LogP contribution < -0.4 is 5.32 Å². The summed E-state index contributed by atoms with van der Waals surface area (Å²) < 4.78 is 6.48. The Bertz CT molecular complexity index is 767. The number of nitrogens with zero attached hydrogens (tertiary/aromatic N) is 1. The molecule has 0 radical (unpaired) electrons. The maximum absolute atomic E-state index is 12.8. The summed E-state index contributed by atoms with van der Waals surface area (Å²) in [5.74, 6) is 1.11. The highest BCUT2D eigenvalue weighted by molar-refractivity contribution is 9.11. The predicted molar refractivity (Wildman–Crippen MR) is 86.6 cm³/mol. The summed E-state index contributed by atoms with van der Waals surface area (Å²) >= 11 is 4.89. The van der Waals surface area contributed by atoms with Crippen LogP contribution in [0.25, 0.3) is 0 Å². The summed E-state index contributed by atoms with van der Waals surface area (Å²) in [7, 11) is 0. The Morgan fingerprint density at radius 3 is 2.64 bits per heavy atom. The molecule has 0 saturated carbocycles. The van der Waals surface area contributed by atoms with Crippen LogP contribution in [0.3, 0.4) is 0 Å². The van der Waals surface area contributed by atoms with Gasteiger partial charge in [-0.3, -0.25) is 9.69 Å². The summed E-state index contributed by atoms with van der Waals surface area (Å²) in [4.78, 5) is 27.3. The first-order chi connectivity index (χ1) is 10.3. The number of carbonyl (C=O) groups excluding carboxylic acids is 2. The third-order valence-electron chi connectivity index (χ3n) is 3.80. The van der Waals surface area contributed by atoms with Crippen LogP contribution in [0.1, 0.15) is 28.9 Å². The first-order valence-corrected chi connectivity index (χ1v) is 8.38. The van der Waals surface area contributed by atoms with Gasteiger partial charge in [0.1, 0.15) is 17.1 Å². The molecule has 7 heteroatoms. The van der Waals surface area contributed by atoms with Gasteiger partial charge in [0, 0.05) is 10.4 Å². The summed E-state index contributed by atoms with van der Waals surface area (Å²) in [6.45, 7) is 5.61. The van der Waals surface area contributed by atoms with E-state index in [0.29, 0.717) is 11.3 Å². The third kappa shape index (κ3) is 2.38. The van der Waals surface area contributed by atoms with Crippen LogP contribution in [-0.4, -0.2) is 16.8 Å². The lowest BCUT2D eigenvalue weighted by Gasteiger charge is -2.21. The number of urea groups is 1. The molecule has 1 aliphatic heterocycles. The Morgan fingerprint density at radius 1 is 1.36 bits per heavy atom. The fourth-order valence-electron chi connectivity index (χ4n) is 2.74. The number of thiophene rings is 1. The van der Waals surface area contributed by atoms with Crippen LogP contribution >= 0.6 is 27.3 Å². The maximum Gasteiger partial charge on any atom is 0.325 e. The Morgan fingerprint density at radius 2 is 2.09 bits per heavy atom. The molecule has 3 heterocycles. The smallest absolute Gasteiger partial charge is 0.325 e. The maximum atomic E-state index is 12.8. The number of nitrogens with one attached hydrogen (secondary N) is 1. The van der Waals surface area contributed by atoms with Crippen molar-refractivity contribution < 1.29 is 14.0 Å². The highest BCUT2D eigenvalue weighted by atomic mass is 79.9. The van der Waals surface area contributed by atoms with Gasteiger partial charge in [-0.2, -0.15) is 0 Å². The summed E-state index contributed by atoms with van der Waals surface area (Å²) in [6.07, 6.45) is 0. The van der Waals surface area contributed by atoms with Gasteiger partial charge in [-0.25, -0.2) is 4.79 Å². The van der Waals surface area contributed by atoms with Gasteiger partial charge in [-0.05, 0) is 54.9 Å². The minimum Gasteiger partial charge on any atom is -0.466 e. The molecule has 0 bridgehead atoms. The molecule has 3 rings (SSSR count). The van der Waals surface area contributed by atoms with Crippen molar-refractivity contribution in [2.75, 3.05) is 0 Å².